The molecule has 3 nitrogen and oxygen atoms in total. The van der Waals surface area contributed by atoms with Crippen LogP contribution in [0.15, 0.2) is 39.0 Å². The largest absolute Gasteiger partial charge is 0.439 e. The van der Waals surface area contributed by atoms with E-state index < -0.39 is 0 Å². The molecule has 0 saturated carbocycles. The zero-order valence-electron chi connectivity index (χ0n) is 11.9. The van der Waals surface area contributed by atoms with Gasteiger partial charge in [0.25, 0.3) is 5.22 Å². The van der Waals surface area contributed by atoms with Gasteiger partial charge in [-0.05, 0) is 54.9 Å². The Labute approximate surface area is 123 Å². The highest BCUT2D eigenvalue weighted by atomic mass is 32.2. The number of nitrogens with zero attached hydrogens (tertiary/aromatic N) is 1. The van der Waals surface area contributed by atoms with E-state index in [4.69, 9.17) is 4.42 Å². The summed E-state index contributed by atoms with van der Waals surface area (Å²) in [5, 5.41) is 3.91. The van der Waals surface area contributed by atoms with Crippen LogP contribution in [-0.2, 0) is 6.54 Å². The van der Waals surface area contributed by atoms with Crippen LogP contribution >= 0.6 is 11.8 Å². The molecule has 1 N–H and O–H groups in total. The molecule has 20 heavy (non-hydrogen) atoms. The molecule has 0 aliphatic heterocycles. The molecule has 0 aliphatic rings. The molecular weight excluding hydrogens is 275 g/mol. The van der Waals surface area contributed by atoms with Gasteiger partial charge in [0, 0.05) is 11.4 Å². The lowest BCUT2D eigenvalue weighted by molar-refractivity contribution is 0.454. The van der Waals surface area contributed by atoms with Crippen molar-refractivity contribution in [3.63, 3.8) is 0 Å². The summed E-state index contributed by atoms with van der Waals surface area (Å²) in [7, 11) is 0. The van der Waals surface area contributed by atoms with Crippen LogP contribution in [-0.4, -0.2) is 11.5 Å². The smallest absolute Gasteiger partial charge is 0.260 e. The summed E-state index contributed by atoms with van der Waals surface area (Å²) in [6.45, 7) is 7.70. The minimum absolute atomic E-state index is 0.223. The van der Waals surface area contributed by atoms with Gasteiger partial charge in [0.2, 0.25) is 0 Å². The Morgan fingerprint density at radius 1 is 1.40 bits per heavy atom. The molecule has 2 aromatic rings. The first kappa shape index (κ1) is 15.1. The van der Waals surface area contributed by atoms with Crippen molar-refractivity contribution >= 4 is 11.8 Å². The maximum absolute atomic E-state index is 13.4. The van der Waals surface area contributed by atoms with E-state index in [9.17, 15) is 4.39 Å². The van der Waals surface area contributed by atoms with E-state index in [-0.39, 0.29) is 5.82 Å². The molecule has 0 unspecified atom stereocenters. The Morgan fingerprint density at radius 2 is 2.20 bits per heavy atom. The molecule has 0 atom stereocenters. The first-order valence-electron chi connectivity index (χ1n) is 6.63. The Kier molecular flexibility index (Phi) is 5.20. The van der Waals surface area contributed by atoms with Crippen molar-refractivity contribution in [3.8, 4) is 0 Å². The summed E-state index contributed by atoms with van der Waals surface area (Å²) in [4.78, 5) is 5.22. The van der Waals surface area contributed by atoms with Gasteiger partial charge < -0.3 is 9.73 Å². The molecule has 1 aromatic carbocycles. The van der Waals surface area contributed by atoms with Gasteiger partial charge in [-0.3, -0.25) is 0 Å². The van der Waals surface area contributed by atoms with E-state index in [1.54, 1.807) is 18.4 Å². The topological polar surface area (TPSA) is 38.1 Å². The predicted molar refractivity (Wildman–Crippen MR) is 78.3 cm³/mol. The van der Waals surface area contributed by atoms with Crippen molar-refractivity contribution in [2.24, 2.45) is 5.92 Å². The Balaban J connectivity index is 2.10. The van der Waals surface area contributed by atoms with E-state index in [0.717, 1.165) is 22.7 Å². The highest BCUT2D eigenvalue weighted by Gasteiger charge is 2.10. The average molecular weight is 294 g/mol. The van der Waals surface area contributed by atoms with Crippen molar-refractivity contribution in [2.75, 3.05) is 6.54 Å². The summed E-state index contributed by atoms with van der Waals surface area (Å²) in [5.74, 6) is 0.341. The molecule has 1 aromatic heterocycles. The fourth-order valence-corrected chi connectivity index (χ4v) is 2.63. The molecule has 0 bridgehead atoms. The standard InChI is InChI=1S/C15H19FN2OS/c1-10(2)7-17-8-12-6-13(16)4-5-14(12)20-15-18-11(3)9-19-15/h4-6,9-10,17H,7-8H2,1-3H3. The van der Waals surface area contributed by atoms with Crippen molar-refractivity contribution in [1.82, 2.24) is 10.3 Å². The van der Waals surface area contributed by atoms with Crippen LogP contribution in [0.3, 0.4) is 0 Å². The van der Waals surface area contributed by atoms with Crippen LogP contribution in [0.1, 0.15) is 25.1 Å². The maximum atomic E-state index is 13.4. The van der Waals surface area contributed by atoms with Crippen LogP contribution in [0.25, 0.3) is 0 Å². The normalized spacial score (nSPS) is 11.2. The number of nitrogens with one attached hydrogen (secondary N) is 1. The molecule has 0 amide bonds. The van der Waals surface area contributed by atoms with Crippen LogP contribution in [0.2, 0.25) is 0 Å². The van der Waals surface area contributed by atoms with Gasteiger partial charge >= 0.3 is 0 Å². The second-order valence-electron chi connectivity index (χ2n) is 5.13. The number of aryl methyl sites for hydroxylation is 1. The van der Waals surface area contributed by atoms with E-state index >= 15 is 0 Å². The zero-order valence-corrected chi connectivity index (χ0v) is 12.8. The Hall–Kier alpha value is -1.33. The van der Waals surface area contributed by atoms with Gasteiger partial charge in [-0.15, -0.1) is 0 Å². The molecule has 1 heterocycles. The fourth-order valence-electron chi connectivity index (χ4n) is 1.75. The zero-order chi connectivity index (χ0) is 14.5. The van der Waals surface area contributed by atoms with Crippen LogP contribution in [0.4, 0.5) is 4.39 Å². The molecule has 0 spiro atoms. The Bertz CT molecular complexity index is 569. The van der Waals surface area contributed by atoms with Gasteiger partial charge in [-0.25, -0.2) is 9.37 Å². The van der Waals surface area contributed by atoms with Crippen LogP contribution in [0, 0.1) is 18.7 Å². The number of rotatable bonds is 6. The molecule has 0 saturated heterocycles. The van der Waals surface area contributed by atoms with Gasteiger partial charge in [0.05, 0.1) is 5.69 Å². The molecular formula is C15H19FN2OS. The predicted octanol–water partition coefficient (Wildman–Crippen LogP) is 4.02. The maximum Gasteiger partial charge on any atom is 0.260 e. The number of halogens is 1. The highest BCUT2D eigenvalue weighted by Crippen LogP contribution is 2.30. The third-order valence-corrected chi connectivity index (χ3v) is 3.67. The number of hydrogen-bond acceptors (Lipinski definition) is 4. The molecule has 0 aliphatic carbocycles. The average Bonchev–Trinajstić information content (AvgIpc) is 2.78. The van der Waals surface area contributed by atoms with Gasteiger partial charge in [-0.2, -0.15) is 0 Å². The lowest BCUT2D eigenvalue weighted by Gasteiger charge is -2.10. The second kappa shape index (κ2) is 6.90. The van der Waals surface area contributed by atoms with E-state index in [0.29, 0.717) is 17.7 Å². The van der Waals surface area contributed by atoms with Gasteiger partial charge in [-0.1, -0.05) is 13.8 Å². The van der Waals surface area contributed by atoms with Crippen LogP contribution < -0.4 is 5.32 Å². The lowest BCUT2D eigenvalue weighted by Crippen LogP contribution is -2.19. The highest BCUT2D eigenvalue weighted by molar-refractivity contribution is 7.99. The third kappa shape index (κ3) is 4.35. The second-order valence-corrected chi connectivity index (χ2v) is 6.13. The van der Waals surface area contributed by atoms with Crippen molar-refractivity contribution in [1.29, 1.82) is 0 Å². The monoisotopic (exact) mass is 294 g/mol. The third-order valence-electron chi connectivity index (χ3n) is 2.69. The van der Waals surface area contributed by atoms with E-state index in [1.165, 1.54) is 17.8 Å². The summed E-state index contributed by atoms with van der Waals surface area (Å²) in [6, 6.07) is 4.79. The van der Waals surface area contributed by atoms with Crippen molar-refractivity contribution in [2.45, 2.75) is 37.4 Å². The minimum atomic E-state index is -0.223. The van der Waals surface area contributed by atoms with Gasteiger partial charge in [0.1, 0.15) is 12.1 Å². The Morgan fingerprint density at radius 3 is 2.85 bits per heavy atom. The number of benzene rings is 1. The molecule has 0 radical (unpaired) electrons. The summed E-state index contributed by atoms with van der Waals surface area (Å²) >= 11 is 1.42. The van der Waals surface area contributed by atoms with E-state index in [1.807, 2.05) is 6.92 Å². The number of aromatic nitrogens is 1. The first-order valence-corrected chi connectivity index (χ1v) is 7.45. The van der Waals surface area contributed by atoms with Gasteiger partial charge in [0.15, 0.2) is 0 Å². The quantitative estimate of drug-likeness (QED) is 0.873. The van der Waals surface area contributed by atoms with Crippen molar-refractivity contribution < 1.29 is 8.81 Å². The minimum Gasteiger partial charge on any atom is -0.439 e. The fraction of sp³-hybridized carbons (Fsp3) is 0.400. The van der Waals surface area contributed by atoms with E-state index in [2.05, 4.69) is 24.1 Å². The summed E-state index contributed by atoms with van der Waals surface area (Å²) in [5.41, 5.74) is 1.76. The summed E-state index contributed by atoms with van der Waals surface area (Å²) < 4.78 is 18.7. The molecule has 108 valence electrons. The molecule has 5 heteroatoms. The molecule has 0 fully saturated rings. The SMILES string of the molecule is Cc1coc(Sc2ccc(F)cc2CNCC(C)C)n1. The molecule has 2 rings (SSSR count). The van der Waals surface area contributed by atoms with Crippen molar-refractivity contribution in [3.05, 3.63) is 41.5 Å². The lowest BCUT2D eigenvalue weighted by atomic mass is 10.2. The first-order chi connectivity index (χ1) is 9.54. The number of hydrogen-bond donors (Lipinski definition) is 1. The number of oxazole rings is 1. The van der Waals surface area contributed by atoms with Crippen LogP contribution in [0.5, 0.6) is 0 Å². The summed E-state index contributed by atoms with van der Waals surface area (Å²) in [6.07, 6.45) is 1.61.